The summed E-state index contributed by atoms with van der Waals surface area (Å²) in [6.45, 7) is 0. The lowest BCUT2D eigenvalue weighted by atomic mass is 10.1. The molecule has 2 aromatic heterocycles. The van der Waals surface area contributed by atoms with Crippen LogP contribution in [-0.2, 0) is 0 Å². The Morgan fingerprint density at radius 2 is 2.10 bits per heavy atom. The van der Waals surface area contributed by atoms with Crippen LogP contribution in [0.3, 0.4) is 0 Å². The van der Waals surface area contributed by atoms with Gasteiger partial charge >= 0.3 is 0 Å². The van der Waals surface area contributed by atoms with Crippen LogP contribution in [-0.4, -0.2) is 17.3 Å². The fraction of sp³-hybridized carbons (Fsp3) is 0.143. The molecule has 7 heteroatoms. The van der Waals surface area contributed by atoms with Crippen molar-refractivity contribution < 1.29 is 9.15 Å². The molecule has 3 rings (SSSR count). The number of fused-ring (bicyclic) bond motifs is 1. The number of benzene rings is 1. The number of hydrogen-bond acceptors (Lipinski definition) is 6. The summed E-state index contributed by atoms with van der Waals surface area (Å²) in [5, 5.41) is 9.56. The highest BCUT2D eigenvalue weighted by molar-refractivity contribution is 6.31. The van der Waals surface area contributed by atoms with Gasteiger partial charge in [0.25, 0.3) is 0 Å². The molecular formula is C14H13ClN4O2. The Labute approximate surface area is 125 Å². The number of furan rings is 1. The molecule has 108 valence electrons. The van der Waals surface area contributed by atoms with Gasteiger partial charge in [-0.2, -0.15) is 0 Å². The standard InChI is InChI=1S/C14H13ClN4O2/c1-20-13-5-3-10(18-19-13)14(17-16)12-7-8-6-9(15)2-4-11(8)21-12/h2-7,14,17H,16H2,1H3. The van der Waals surface area contributed by atoms with Gasteiger partial charge in [-0.05, 0) is 30.3 Å². The van der Waals surface area contributed by atoms with Crippen LogP contribution in [0, 0.1) is 0 Å². The van der Waals surface area contributed by atoms with Crippen LogP contribution in [0.25, 0.3) is 11.0 Å². The summed E-state index contributed by atoms with van der Waals surface area (Å²) >= 11 is 5.97. The highest BCUT2D eigenvalue weighted by atomic mass is 35.5. The predicted molar refractivity (Wildman–Crippen MR) is 79.0 cm³/mol. The van der Waals surface area contributed by atoms with E-state index >= 15 is 0 Å². The van der Waals surface area contributed by atoms with E-state index in [1.54, 1.807) is 18.2 Å². The minimum Gasteiger partial charge on any atom is -0.480 e. The first-order chi connectivity index (χ1) is 10.2. The molecule has 1 aromatic carbocycles. The molecule has 0 bridgehead atoms. The average Bonchev–Trinajstić information content (AvgIpc) is 2.91. The Kier molecular flexibility index (Phi) is 3.74. The second-order valence-corrected chi connectivity index (χ2v) is 4.87. The van der Waals surface area contributed by atoms with E-state index in [9.17, 15) is 0 Å². The highest BCUT2D eigenvalue weighted by Gasteiger charge is 2.19. The van der Waals surface area contributed by atoms with Gasteiger partial charge < -0.3 is 9.15 Å². The van der Waals surface area contributed by atoms with Gasteiger partial charge in [0, 0.05) is 16.5 Å². The number of hydrazine groups is 1. The molecule has 0 radical (unpaired) electrons. The van der Waals surface area contributed by atoms with Gasteiger partial charge in [0.05, 0.1) is 12.8 Å². The maximum absolute atomic E-state index is 5.97. The van der Waals surface area contributed by atoms with Gasteiger partial charge in [-0.25, -0.2) is 5.43 Å². The topological polar surface area (TPSA) is 86.2 Å². The number of halogens is 1. The number of hydrogen-bond donors (Lipinski definition) is 2. The van der Waals surface area contributed by atoms with E-state index in [2.05, 4.69) is 15.6 Å². The van der Waals surface area contributed by atoms with Crippen LogP contribution in [0.1, 0.15) is 17.5 Å². The van der Waals surface area contributed by atoms with Crippen LogP contribution in [0.4, 0.5) is 0 Å². The van der Waals surface area contributed by atoms with Crippen molar-refractivity contribution >= 4 is 22.6 Å². The molecule has 0 saturated carbocycles. The second-order valence-electron chi connectivity index (χ2n) is 4.43. The Morgan fingerprint density at radius 1 is 1.24 bits per heavy atom. The molecule has 0 aliphatic carbocycles. The van der Waals surface area contributed by atoms with E-state index in [1.165, 1.54) is 7.11 Å². The minimum atomic E-state index is -0.408. The Hall–Kier alpha value is -2.15. The lowest BCUT2D eigenvalue weighted by Crippen LogP contribution is -2.29. The van der Waals surface area contributed by atoms with Crippen LogP contribution < -0.4 is 16.0 Å². The van der Waals surface area contributed by atoms with E-state index in [4.69, 9.17) is 26.6 Å². The molecular weight excluding hydrogens is 292 g/mol. The van der Waals surface area contributed by atoms with Crippen molar-refractivity contribution in [3.05, 3.63) is 52.9 Å². The van der Waals surface area contributed by atoms with Crippen LogP contribution in [0.2, 0.25) is 5.02 Å². The Bertz CT molecular complexity index is 757. The molecule has 6 nitrogen and oxygen atoms in total. The molecule has 0 aliphatic rings. The van der Waals surface area contributed by atoms with Crippen LogP contribution in [0.15, 0.2) is 40.8 Å². The van der Waals surface area contributed by atoms with Crippen molar-refractivity contribution in [3.8, 4) is 5.88 Å². The molecule has 21 heavy (non-hydrogen) atoms. The zero-order valence-electron chi connectivity index (χ0n) is 11.2. The summed E-state index contributed by atoms with van der Waals surface area (Å²) in [7, 11) is 1.53. The Balaban J connectivity index is 2.00. The Morgan fingerprint density at radius 3 is 2.76 bits per heavy atom. The number of methoxy groups -OCH3 is 1. The van der Waals surface area contributed by atoms with Gasteiger partial charge in [-0.15, -0.1) is 10.2 Å². The normalized spacial score (nSPS) is 12.5. The summed E-state index contributed by atoms with van der Waals surface area (Å²) in [6.07, 6.45) is 0. The van der Waals surface area contributed by atoms with Gasteiger partial charge in [0.2, 0.25) is 5.88 Å². The molecule has 3 aromatic rings. The van der Waals surface area contributed by atoms with Crippen LogP contribution in [0.5, 0.6) is 5.88 Å². The van der Waals surface area contributed by atoms with Gasteiger partial charge in [-0.1, -0.05) is 11.6 Å². The lowest BCUT2D eigenvalue weighted by Gasteiger charge is -2.11. The number of nitrogens with two attached hydrogens (primary N) is 1. The van der Waals surface area contributed by atoms with Gasteiger partial charge in [0.1, 0.15) is 17.4 Å². The van der Waals surface area contributed by atoms with Gasteiger partial charge in [-0.3, -0.25) is 5.84 Å². The molecule has 0 spiro atoms. The van der Waals surface area contributed by atoms with Crippen molar-refractivity contribution in [1.82, 2.24) is 15.6 Å². The average molecular weight is 305 g/mol. The zero-order chi connectivity index (χ0) is 14.8. The summed E-state index contributed by atoms with van der Waals surface area (Å²) in [5.74, 6) is 6.69. The third-order valence-corrected chi connectivity index (χ3v) is 3.35. The number of aromatic nitrogens is 2. The fourth-order valence-electron chi connectivity index (χ4n) is 2.08. The molecule has 1 unspecified atom stereocenters. The quantitative estimate of drug-likeness (QED) is 0.569. The summed E-state index contributed by atoms with van der Waals surface area (Å²) in [4.78, 5) is 0. The summed E-state index contributed by atoms with van der Waals surface area (Å²) < 4.78 is 10.8. The first-order valence-electron chi connectivity index (χ1n) is 6.24. The minimum absolute atomic E-state index is 0.408. The van der Waals surface area contributed by atoms with Crippen LogP contribution >= 0.6 is 11.6 Å². The lowest BCUT2D eigenvalue weighted by molar-refractivity contribution is 0.388. The van der Waals surface area contributed by atoms with Crippen molar-refractivity contribution in [3.63, 3.8) is 0 Å². The van der Waals surface area contributed by atoms with E-state index in [-0.39, 0.29) is 0 Å². The molecule has 0 fully saturated rings. The monoisotopic (exact) mass is 304 g/mol. The van der Waals surface area contributed by atoms with Crippen molar-refractivity contribution in [2.24, 2.45) is 5.84 Å². The third-order valence-electron chi connectivity index (χ3n) is 3.11. The maximum Gasteiger partial charge on any atom is 0.233 e. The number of rotatable bonds is 4. The molecule has 3 N–H and O–H groups in total. The van der Waals surface area contributed by atoms with E-state index in [1.807, 2.05) is 18.2 Å². The number of nitrogens with one attached hydrogen (secondary N) is 1. The van der Waals surface area contributed by atoms with E-state index < -0.39 is 6.04 Å². The summed E-state index contributed by atoms with van der Waals surface area (Å²) in [6, 6.07) is 10.4. The number of ether oxygens (including phenoxy) is 1. The molecule has 0 amide bonds. The second kappa shape index (κ2) is 5.69. The number of nitrogens with zero attached hydrogens (tertiary/aromatic N) is 2. The molecule has 2 heterocycles. The highest BCUT2D eigenvalue weighted by Crippen LogP contribution is 2.28. The largest absolute Gasteiger partial charge is 0.480 e. The first kappa shape index (κ1) is 13.8. The van der Waals surface area contributed by atoms with Crippen molar-refractivity contribution in [2.45, 2.75) is 6.04 Å². The van der Waals surface area contributed by atoms with Gasteiger partial charge in [0.15, 0.2) is 0 Å². The van der Waals surface area contributed by atoms with E-state index in [0.29, 0.717) is 22.4 Å². The first-order valence-corrected chi connectivity index (χ1v) is 6.62. The smallest absolute Gasteiger partial charge is 0.233 e. The fourth-order valence-corrected chi connectivity index (χ4v) is 2.26. The van der Waals surface area contributed by atoms with Crippen molar-refractivity contribution in [2.75, 3.05) is 7.11 Å². The third kappa shape index (κ3) is 2.69. The SMILES string of the molecule is COc1ccc(C(NN)c2cc3cc(Cl)ccc3o2)nn1. The molecule has 0 aliphatic heterocycles. The van der Waals surface area contributed by atoms with E-state index in [0.717, 1.165) is 11.0 Å². The summed E-state index contributed by atoms with van der Waals surface area (Å²) in [5.41, 5.74) is 4.04. The van der Waals surface area contributed by atoms with Crippen molar-refractivity contribution in [1.29, 1.82) is 0 Å². The predicted octanol–water partition coefficient (Wildman–Crippen LogP) is 2.44. The maximum atomic E-state index is 5.97. The zero-order valence-corrected chi connectivity index (χ0v) is 12.0. The molecule has 1 atom stereocenters. The molecule has 0 saturated heterocycles.